The molecule has 0 aromatic heterocycles. The van der Waals surface area contributed by atoms with Gasteiger partial charge >= 0.3 is 0 Å². The molecule has 1 nitrogen and oxygen atoms in total. The molecule has 1 aliphatic rings. The summed E-state index contributed by atoms with van der Waals surface area (Å²) in [5.41, 5.74) is 4.15. The Morgan fingerprint density at radius 2 is 1.75 bits per heavy atom. The third-order valence-electron chi connectivity index (χ3n) is 4.07. The van der Waals surface area contributed by atoms with Crippen molar-refractivity contribution in [1.29, 1.82) is 0 Å². The molecular formula is C19H20O. The minimum absolute atomic E-state index is 0.506. The summed E-state index contributed by atoms with van der Waals surface area (Å²) in [7, 11) is 1.76. The number of hydrogen-bond donors (Lipinski definition) is 0. The van der Waals surface area contributed by atoms with Crippen LogP contribution in [0.2, 0.25) is 0 Å². The van der Waals surface area contributed by atoms with Crippen LogP contribution in [0.5, 0.6) is 5.75 Å². The van der Waals surface area contributed by atoms with Gasteiger partial charge in [-0.2, -0.15) is 0 Å². The van der Waals surface area contributed by atoms with Crippen LogP contribution in [0.3, 0.4) is 0 Å². The highest BCUT2D eigenvalue weighted by Gasteiger charge is 2.24. The van der Waals surface area contributed by atoms with Crippen molar-refractivity contribution in [2.75, 3.05) is 7.11 Å². The van der Waals surface area contributed by atoms with Crippen LogP contribution < -0.4 is 4.74 Å². The third-order valence-corrected chi connectivity index (χ3v) is 4.07. The van der Waals surface area contributed by atoms with Gasteiger partial charge in [0.2, 0.25) is 0 Å². The van der Waals surface area contributed by atoms with E-state index in [-0.39, 0.29) is 0 Å². The molecule has 102 valence electrons. The molecule has 2 aromatic carbocycles. The van der Waals surface area contributed by atoms with Gasteiger partial charge < -0.3 is 4.74 Å². The van der Waals surface area contributed by atoms with E-state index in [2.05, 4.69) is 54.6 Å². The first-order valence-electron chi connectivity index (χ1n) is 7.27. The summed E-state index contributed by atoms with van der Waals surface area (Å²) in [6.07, 6.45) is 6.03. The zero-order chi connectivity index (χ0) is 13.8. The summed E-state index contributed by atoms with van der Waals surface area (Å²) in [5.74, 6) is 1.52. The predicted molar refractivity (Wildman–Crippen MR) is 84.0 cm³/mol. The molecule has 3 rings (SSSR count). The Labute approximate surface area is 120 Å². The number of para-hydroxylation sites is 1. The Hall–Kier alpha value is -2.02. The fourth-order valence-corrected chi connectivity index (χ4v) is 3.12. The molecule has 1 saturated carbocycles. The monoisotopic (exact) mass is 264 g/mol. The van der Waals surface area contributed by atoms with Crippen molar-refractivity contribution in [3.63, 3.8) is 0 Å². The van der Waals surface area contributed by atoms with Gasteiger partial charge in [-0.3, -0.25) is 0 Å². The van der Waals surface area contributed by atoms with Crippen molar-refractivity contribution in [2.24, 2.45) is 0 Å². The van der Waals surface area contributed by atoms with Gasteiger partial charge in [0.15, 0.2) is 0 Å². The second-order valence-electron chi connectivity index (χ2n) is 5.32. The molecule has 0 bridgehead atoms. The Bertz CT molecular complexity index is 598. The molecule has 0 spiro atoms. The van der Waals surface area contributed by atoms with E-state index in [0.717, 1.165) is 5.75 Å². The van der Waals surface area contributed by atoms with Crippen LogP contribution in [-0.2, 0) is 0 Å². The molecule has 2 aromatic rings. The summed E-state index contributed by atoms with van der Waals surface area (Å²) in [6, 6.07) is 19.0. The average molecular weight is 264 g/mol. The molecule has 1 unspecified atom stereocenters. The van der Waals surface area contributed by atoms with E-state index in [9.17, 15) is 0 Å². The molecule has 1 aliphatic carbocycles. The first kappa shape index (κ1) is 13.0. The molecule has 1 atom stereocenters. The Kier molecular flexibility index (Phi) is 3.87. The van der Waals surface area contributed by atoms with Gasteiger partial charge in [0.05, 0.1) is 7.11 Å². The van der Waals surface area contributed by atoms with Crippen molar-refractivity contribution in [3.8, 4) is 5.75 Å². The average Bonchev–Trinajstić information content (AvgIpc) is 2.96. The number of methoxy groups -OCH3 is 1. The van der Waals surface area contributed by atoms with Gasteiger partial charge in [-0.25, -0.2) is 0 Å². The molecule has 0 saturated heterocycles. The summed E-state index contributed by atoms with van der Waals surface area (Å²) in [4.78, 5) is 0. The van der Waals surface area contributed by atoms with Crippen LogP contribution in [0.4, 0.5) is 0 Å². The maximum Gasteiger partial charge on any atom is 0.122 e. The van der Waals surface area contributed by atoms with E-state index in [1.165, 1.54) is 36.0 Å². The van der Waals surface area contributed by atoms with Gasteiger partial charge in [0, 0.05) is 11.5 Å². The van der Waals surface area contributed by atoms with E-state index in [4.69, 9.17) is 4.74 Å². The van der Waals surface area contributed by atoms with E-state index >= 15 is 0 Å². The number of rotatable bonds is 3. The van der Waals surface area contributed by atoms with Crippen LogP contribution in [0, 0.1) is 0 Å². The molecule has 20 heavy (non-hydrogen) atoms. The van der Waals surface area contributed by atoms with Crippen molar-refractivity contribution < 1.29 is 4.74 Å². The summed E-state index contributed by atoms with van der Waals surface area (Å²) >= 11 is 0. The van der Waals surface area contributed by atoms with Crippen LogP contribution >= 0.6 is 0 Å². The molecule has 0 amide bonds. The van der Waals surface area contributed by atoms with Gasteiger partial charge in [-0.15, -0.1) is 0 Å². The molecular weight excluding hydrogens is 244 g/mol. The SMILES string of the molecule is COc1ccccc1C1CCC/C1=C\c1ccccc1. The van der Waals surface area contributed by atoms with Crippen molar-refractivity contribution in [1.82, 2.24) is 0 Å². The highest BCUT2D eigenvalue weighted by molar-refractivity contribution is 5.57. The Balaban J connectivity index is 1.95. The van der Waals surface area contributed by atoms with Crippen molar-refractivity contribution >= 4 is 6.08 Å². The first-order chi connectivity index (χ1) is 9.88. The molecule has 1 heteroatoms. The topological polar surface area (TPSA) is 9.23 Å². The molecule has 0 aliphatic heterocycles. The standard InChI is InChI=1S/C19H20O/c1-20-19-13-6-5-11-18(19)17-12-7-10-16(17)14-15-8-3-2-4-9-15/h2-6,8-9,11,13-14,17H,7,10,12H2,1H3/b16-14+. The quantitative estimate of drug-likeness (QED) is 0.754. The molecule has 0 radical (unpaired) electrons. The fraction of sp³-hybridized carbons (Fsp3) is 0.263. The normalized spacial score (nSPS) is 20.2. The lowest BCUT2D eigenvalue weighted by Crippen LogP contribution is -1.99. The van der Waals surface area contributed by atoms with Gasteiger partial charge in [-0.05, 0) is 30.9 Å². The molecule has 0 N–H and O–H groups in total. The lowest BCUT2D eigenvalue weighted by Gasteiger charge is -2.16. The zero-order valence-electron chi connectivity index (χ0n) is 11.9. The maximum atomic E-state index is 5.53. The zero-order valence-corrected chi connectivity index (χ0v) is 11.9. The van der Waals surface area contributed by atoms with Crippen molar-refractivity contribution in [2.45, 2.75) is 25.2 Å². The van der Waals surface area contributed by atoms with Gasteiger partial charge in [0.1, 0.15) is 5.75 Å². The van der Waals surface area contributed by atoms with E-state index in [1.807, 2.05) is 6.07 Å². The predicted octanol–water partition coefficient (Wildman–Crippen LogP) is 5.05. The Morgan fingerprint density at radius 1 is 1.00 bits per heavy atom. The largest absolute Gasteiger partial charge is 0.496 e. The summed E-state index contributed by atoms with van der Waals surface area (Å²) in [6.45, 7) is 0. The maximum absolute atomic E-state index is 5.53. The second kappa shape index (κ2) is 5.96. The third kappa shape index (κ3) is 2.62. The van der Waals surface area contributed by atoms with Crippen LogP contribution in [0.1, 0.15) is 36.3 Å². The van der Waals surface area contributed by atoms with Gasteiger partial charge in [-0.1, -0.05) is 60.2 Å². The highest BCUT2D eigenvalue weighted by atomic mass is 16.5. The minimum atomic E-state index is 0.506. The molecule has 0 heterocycles. The highest BCUT2D eigenvalue weighted by Crippen LogP contribution is 2.43. The lowest BCUT2D eigenvalue weighted by molar-refractivity contribution is 0.407. The fourth-order valence-electron chi connectivity index (χ4n) is 3.12. The number of hydrogen-bond acceptors (Lipinski definition) is 1. The van der Waals surface area contributed by atoms with Gasteiger partial charge in [0.25, 0.3) is 0 Å². The number of benzene rings is 2. The molecule has 1 fully saturated rings. The van der Waals surface area contributed by atoms with E-state index in [0.29, 0.717) is 5.92 Å². The van der Waals surface area contributed by atoms with Crippen LogP contribution in [0.25, 0.3) is 6.08 Å². The Morgan fingerprint density at radius 3 is 2.55 bits per heavy atom. The number of ether oxygens (including phenoxy) is 1. The summed E-state index contributed by atoms with van der Waals surface area (Å²) in [5, 5.41) is 0. The van der Waals surface area contributed by atoms with Crippen LogP contribution in [0.15, 0.2) is 60.2 Å². The van der Waals surface area contributed by atoms with E-state index < -0.39 is 0 Å². The van der Waals surface area contributed by atoms with E-state index in [1.54, 1.807) is 7.11 Å². The number of allylic oxidation sites excluding steroid dienone is 1. The van der Waals surface area contributed by atoms with Crippen LogP contribution in [-0.4, -0.2) is 7.11 Å². The minimum Gasteiger partial charge on any atom is -0.496 e. The summed E-state index contributed by atoms with van der Waals surface area (Å²) < 4.78 is 5.53. The smallest absolute Gasteiger partial charge is 0.122 e. The second-order valence-corrected chi connectivity index (χ2v) is 5.32. The van der Waals surface area contributed by atoms with Crippen molar-refractivity contribution in [3.05, 3.63) is 71.3 Å². The first-order valence-corrected chi connectivity index (χ1v) is 7.27. The lowest BCUT2D eigenvalue weighted by atomic mass is 9.91.